The fraction of sp³-hybridized carbons (Fsp3) is 0.294. The normalized spacial score (nSPS) is 16.3. The molecular formula is C17H21ClN2O6S3. The third-order valence-corrected chi connectivity index (χ3v) is 11.7. The van der Waals surface area contributed by atoms with Crippen LogP contribution in [0, 0.1) is 0 Å². The van der Waals surface area contributed by atoms with Gasteiger partial charge in [0, 0.05) is 16.2 Å². The monoisotopic (exact) mass is 480 g/mol. The summed E-state index contributed by atoms with van der Waals surface area (Å²) in [5.41, 5.74) is 0. The Morgan fingerprint density at radius 1 is 0.621 bits per heavy atom. The molecule has 0 atom stereocenters. The van der Waals surface area contributed by atoms with Crippen LogP contribution in [0.3, 0.4) is 0 Å². The van der Waals surface area contributed by atoms with Crippen LogP contribution >= 0.6 is 12.4 Å². The zero-order chi connectivity index (χ0) is 20.4. The highest BCUT2D eigenvalue weighted by Gasteiger charge is 2.49. The molecule has 1 aliphatic heterocycles. The molecule has 0 aromatic heterocycles. The summed E-state index contributed by atoms with van der Waals surface area (Å²) in [5.74, 6) is 0. The molecule has 1 heterocycles. The minimum Gasteiger partial charge on any atom is -0.205 e. The molecule has 1 saturated heterocycles. The lowest BCUT2D eigenvalue weighted by Gasteiger charge is -2.30. The molecule has 0 amide bonds. The van der Waals surface area contributed by atoms with E-state index in [1.165, 1.54) is 24.3 Å². The highest BCUT2D eigenvalue weighted by Crippen LogP contribution is 2.30. The molecule has 0 bridgehead atoms. The number of rotatable bonds is 6. The van der Waals surface area contributed by atoms with Gasteiger partial charge in [-0.25, -0.2) is 16.8 Å². The Morgan fingerprint density at radius 3 is 1.38 bits per heavy atom. The minimum absolute atomic E-state index is 0. The zero-order valence-corrected chi connectivity index (χ0v) is 18.6. The van der Waals surface area contributed by atoms with Gasteiger partial charge in [0.05, 0.1) is 9.79 Å². The fourth-order valence-electron chi connectivity index (χ4n) is 2.92. The van der Waals surface area contributed by atoms with E-state index in [9.17, 15) is 25.3 Å². The quantitative estimate of drug-likeness (QED) is 0.627. The predicted octanol–water partition coefficient (Wildman–Crippen LogP) is 2.22. The first-order chi connectivity index (χ1) is 13.2. The second kappa shape index (κ2) is 9.11. The minimum atomic E-state index is -4.90. The highest BCUT2D eigenvalue weighted by atomic mass is 35.5. The van der Waals surface area contributed by atoms with Gasteiger partial charge in [-0.2, -0.15) is 12.7 Å². The summed E-state index contributed by atoms with van der Waals surface area (Å²) in [6.45, 7) is 0.126. The number of nitrogens with zero attached hydrogens (tertiary/aromatic N) is 2. The zero-order valence-electron chi connectivity index (χ0n) is 15.3. The van der Waals surface area contributed by atoms with Crippen molar-refractivity contribution in [1.29, 1.82) is 0 Å². The maximum absolute atomic E-state index is 13.2. The summed E-state index contributed by atoms with van der Waals surface area (Å²) in [4.78, 5) is -0.842. The van der Waals surface area contributed by atoms with E-state index in [4.69, 9.17) is 0 Å². The molecule has 0 aliphatic carbocycles. The summed E-state index contributed by atoms with van der Waals surface area (Å²) in [7, 11) is -14.6. The van der Waals surface area contributed by atoms with Crippen LogP contribution in [0.25, 0.3) is 0 Å². The molecule has 29 heavy (non-hydrogen) atoms. The van der Waals surface area contributed by atoms with Gasteiger partial charge >= 0.3 is 10.2 Å². The van der Waals surface area contributed by atoms with E-state index in [0.717, 1.165) is 35.0 Å². The van der Waals surface area contributed by atoms with Crippen molar-refractivity contribution in [3.8, 4) is 0 Å². The molecule has 12 heteroatoms. The maximum atomic E-state index is 13.2. The van der Waals surface area contributed by atoms with Crippen LogP contribution in [0.4, 0.5) is 0 Å². The number of halogens is 1. The Bertz CT molecular complexity index is 1060. The Balaban J connectivity index is 0.00000300. The second-order valence-corrected chi connectivity index (χ2v) is 12.3. The molecule has 0 spiro atoms. The van der Waals surface area contributed by atoms with Gasteiger partial charge in [-0.05, 0) is 37.1 Å². The largest absolute Gasteiger partial charge is 0.309 e. The lowest BCUT2D eigenvalue weighted by atomic mass is 10.2. The smallest absolute Gasteiger partial charge is 0.205 e. The Labute approximate surface area is 177 Å². The van der Waals surface area contributed by atoms with E-state index in [2.05, 4.69) is 0 Å². The average molecular weight is 481 g/mol. The van der Waals surface area contributed by atoms with Gasteiger partial charge in [-0.3, -0.25) is 0 Å². The summed E-state index contributed by atoms with van der Waals surface area (Å²) in [6, 6.07) is 13.3. The molecular weight excluding hydrogens is 460 g/mol. The van der Waals surface area contributed by atoms with Crippen LogP contribution in [0.2, 0.25) is 0 Å². The number of piperidine rings is 1. The van der Waals surface area contributed by atoms with Crippen LogP contribution < -0.4 is 0 Å². The summed E-state index contributed by atoms with van der Waals surface area (Å²) >= 11 is 0. The molecule has 3 rings (SSSR count). The van der Waals surface area contributed by atoms with Crippen LogP contribution in [0.1, 0.15) is 19.3 Å². The molecule has 1 fully saturated rings. The van der Waals surface area contributed by atoms with Gasteiger partial charge in [0.2, 0.25) is 0 Å². The fourth-order valence-corrected chi connectivity index (χ4v) is 9.79. The summed E-state index contributed by atoms with van der Waals surface area (Å²) in [5, 5.41) is 0. The molecule has 2 aromatic carbocycles. The van der Waals surface area contributed by atoms with Crippen molar-refractivity contribution < 1.29 is 25.3 Å². The molecule has 8 nitrogen and oxygen atoms in total. The molecule has 0 radical (unpaired) electrons. The Kier molecular flexibility index (Phi) is 7.47. The standard InChI is InChI=1S/C17H20N2O6S3.ClH/c20-26(21,16-10-4-1-5-11-16)19(27(22,23)17-12-6-2-7-13-17)28(24,25)18-14-8-3-9-15-18;/h1-2,4-7,10-13H,3,8-9,14-15H2;1H. The topological polar surface area (TPSA) is 109 Å². The summed E-state index contributed by atoms with van der Waals surface area (Å²) in [6.07, 6.45) is 1.86. The van der Waals surface area contributed by atoms with Gasteiger partial charge in [0.15, 0.2) is 0 Å². The van der Waals surface area contributed by atoms with Gasteiger partial charge < -0.3 is 0 Å². The van der Waals surface area contributed by atoms with E-state index in [-0.39, 0.29) is 28.6 Å². The maximum Gasteiger partial charge on any atom is 0.309 e. The lowest BCUT2D eigenvalue weighted by molar-refractivity contribution is 0.337. The molecule has 0 unspecified atom stereocenters. The highest BCUT2D eigenvalue weighted by molar-refractivity contribution is 8.16. The average Bonchev–Trinajstić information content (AvgIpc) is 2.69. The number of hydrogen-bond acceptors (Lipinski definition) is 6. The number of sulfonamides is 2. The van der Waals surface area contributed by atoms with Crippen LogP contribution in [-0.2, 0) is 30.3 Å². The summed E-state index contributed by atoms with van der Waals surface area (Å²) < 4.78 is 79.8. The van der Waals surface area contributed by atoms with Gasteiger partial charge in [-0.1, -0.05) is 42.8 Å². The third kappa shape index (κ3) is 4.65. The van der Waals surface area contributed by atoms with E-state index >= 15 is 0 Å². The first kappa shape index (κ1) is 23.8. The molecule has 0 N–H and O–H groups in total. The van der Waals surface area contributed by atoms with E-state index in [1.807, 2.05) is 0 Å². The third-order valence-electron chi connectivity index (χ3n) is 4.30. The molecule has 1 aliphatic rings. The van der Waals surface area contributed by atoms with Crippen LogP contribution in [-0.4, -0.2) is 45.8 Å². The van der Waals surface area contributed by atoms with Crippen molar-refractivity contribution in [2.24, 2.45) is 0 Å². The molecule has 0 saturated carbocycles. The molecule has 2 aromatic rings. The lowest BCUT2D eigenvalue weighted by Crippen LogP contribution is -2.50. The molecule has 160 valence electrons. The van der Waals surface area contributed by atoms with Crippen molar-refractivity contribution >= 4 is 42.7 Å². The van der Waals surface area contributed by atoms with Crippen molar-refractivity contribution in [3.63, 3.8) is 0 Å². The van der Waals surface area contributed by atoms with Crippen LogP contribution in [0.15, 0.2) is 70.5 Å². The van der Waals surface area contributed by atoms with E-state index in [1.54, 1.807) is 12.1 Å². The first-order valence-corrected chi connectivity index (χ1v) is 12.9. The van der Waals surface area contributed by atoms with Gasteiger partial charge in [-0.15, -0.1) is 12.4 Å². The SMILES string of the molecule is Cl.O=S(=O)(c1ccccc1)N(S(=O)(=O)c1ccccc1)S(=O)(=O)N1CCCCC1. The predicted molar refractivity (Wildman–Crippen MR) is 111 cm³/mol. The Hall–Kier alpha value is -1.50. The first-order valence-electron chi connectivity index (χ1n) is 8.59. The van der Waals surface area contributed by atoms with Gasteiger partial charge in [0.1, 0.15) is 0 Å². The van der Waals surface area contributed by atoms with E-state index < -0.39 is 40.0 Å². The van der Waals surface area contributed by atoms with Crippen molar-refractivity contribution in [2.45, 2.75) is 29.1 Å². The van der Waals surface area contributed by atoms with Crippen molar-refractivity contribution in [2.75, 3.05) is 13.1 Å². The number of benzene rings is 2. The van der Waals surface area contributed by atoms with E-state index in [0.29, 0.717) is 12.8 Å². The second-order valence-electron chi connectivity index (χ2n) is 6.24. The van der Waals surface area contributed by atoms with Crippen LogP contribution in [0.5, 0.6) is 0 Å². The Morgan fingerprint density at radius 2 is 1.00 bits per heavy atom. The van der Waals surface area contributed by atoms with Crippen molar-refractivity contribution in [1.82, 2.24) is 7.42 Å². The van der Waals surface area contributed by atoms with Crippen molar-refractivity contribution in [3.05, 3.63) is 60.7 Å². The number of hydrogen-bond donors (Lipinski definition) is 0. The van der Waals surface area contributed by atoms with Gasteiger partial charge in [0.25, 0.3) is 20.0 Å².